The number of benzene rings is 2. The molecule has 0 bridgehead atoms. The van der Waals surface area contributed by atoms with Gasteiger partial charge >= 0.3 is 0 Å². The van der Waals surface area contributed by atoms with E-state index >= 15 is 0 Å². The van der Waals surface area contributed by atoms with Crippen LogP contribution in [0.4, 0.5) is 0 Å². The van der Waals surface area contributed by atoms with E-state index in [0.29, 0.717) is 0 Å². The van der Waals surface area contributed by atoms with Crippen molar-refractivity contribution in [3.8, 4) is 0 Å². The zero-order chi connectivity index (χ0) is 14.4. The smallest absolute Gasteiger partial charge is 0.0149 e. The van der Waals surface area contributed by atoms with E-state index in [0.717, 1.165) is 12.8 Å². The van der Waals surface area contributed by atoms with E-state index in [1.807, 2.05) is 0 Å². The van der Waals surface area contributed by atoms with Crippen molar-refractivity contribution < 1.29 is 0 Å². The summed E-state index contributed by atoms with van der Waals surface area (Å²) < 4.78 is 0. The van der Waals surface area contributed by atoms with Crippen LogP contribution in [0.2, 0.25) is 0 Å². The predicted molar refractivity (Wildman–Crippen MR) is 90.6 cm³/mol. The van der Waals surface area contributed by atoms with Crippen LogP contribution in [0.5, 0.6) is 0 Å². The average molecular weight is 268 g/mol. The fourth-order valence-electron chi connectivity index (χ4n) is 3.30. The highest BCUT2D eigenvalue weighted by Gasteiger charge is 2.10. The average Bonchev–Trinajstić information content (AvgIpc) is 2.50. The highest BCUT2D eigenvalue weighted by Crippen LogP contribution is 2.28. The van der Waals surface area contributed by atoms with Crippen LogP contribution in [0, 0.1) is 0 Å². The van der Waals surface area contributed by atoms with Crippen LogP contribution in [0.25, 0.3) is 10.8 Å². The van der Waals surface area contributed by atoms with Crippen molar-refractivity contribution in [1.29, 1.82) is 0 Å². The third-order valence-electron chi connectivity index (χ3n) is 4.38. The molecule has 0 nitrogen and oxygen atoms in total. The second kappa shape index (κ2) is 7.47. The van der Waals surface area contributed by atoms with E-state index in [-0.39, 0.29) is 0 Å². The second-order valence-corrected chi connectivity index (χ2v) is 5.73. The molecule has 0 N–H and O–H groups in total. The molecule has 2 aromatic rings. The van der Waals surface area contributed by atoms with Gasteiger partial charge in [0, 0.05) is 0 Å². The highest BCUT2D eigenvalue weighted by molar-refractivity contribution is 5.87. The molecule has 0 amide bonds. The van der Waals surface area contributed by atoms with E-state index in [4.69, 9.17) is 0 Å². The predicted octanol–water partition coefficient (Wildman–Crippen LogP) is 6.09. The van der Waals surface area contributed by atoms with Crippen LogP contribution in [0.1, 0.15) is 63.1 Å². The Kier molecular flexibility index (Phi) is 5.64. The second-order valence-electron chi connectivity index (χ2n) is 5.73. The molecule has 0 aromatic heterocycles. The molecule has 2 aromatic carbocycles. The minimum atomic E-state index is 1.15. The molecule has 0 aliphatic carbocycles. The number of fused-ring (bicyclic) bond motifs is 1. The molecule has 0 saturated heterocycles. The first-order chi connectivity index (χ1) is 9.81. The third kappa shape index (κ3) is 3.23. The summed E-state index contributed by atoms with van der Waals surface area (Å²) in [6.07, 6.45) is 8.94. The number of unbranched alkanes of at least 4 members (excludes halogenated alkanes) is 3. The molecule has 0 aliphatic rings. The van der Waals surface area contributed by atoms with Crippen LogP contribution in [0.15, 0.2) is 30.3 Å². The number of rotatable bonds is 7. The van der Waals surface area contributed by atoms with Crippen LogP contribution < -0.4 is 0 Å². The van der Waals surface area contributed by atoms with Crippen molar-refractivity contribution in [2.24, 2.45) is 0 Å². The molecule has 0 heteroatoms. The summed E-state index contributed by atoms with van der Waals surface area (Å²) in [4.78, 5) is 0. The third-order valence-corrected chi connectivity index (χ3v) is 4.38. The molecule has 0 radical (unpaired) electrons. The lowest BCUT2D eigenvalue weighted by Crippen LogP contribution is -2.00. The van der Waals surface area contributed by atoms with Gasteiger partial charge in [-0.05, 0) is 53.1 Å². The van der Waals surface area contributed by atoms with Gasteiger partial charge in [0.1, 0.15) is 0 Å². The highest BCUT2D eigenvalue weighted by atomic mass is 14.2. The summed E-state index contributed by atoms with van der Waals surface area (Å²) in [5.41, 5.74) is 4.79. The van der Waals surface area contributed by atoms with Gasteiger partial charge < -0.3 is 0 Å². The standard InChI is InChI=1S/C20H28/c1-4-7-8-9-14-20-18(6-3)16(5-2)15-17-12-10-11-13-19(17)20/h10-13,15H,4-9,14H2,1-3H3. The van der Waals surface area contributed by atoms with Gasteiger partial charge in [0.2, 0.25) is 0 Å². The molecule has 2 rings (SSSR count). The monoisotopic (exact) mass is 268 g/mol. The number of hydrogen-bond acceptors (Lipinski definition) is 0. The summed E-state index contributed by atoms with van der Waals surface area (Å²) in [7, 11) is 0. The molecule has 0 spiro atoms. The van der Waals surface area contributed by atoms with Gasteiger partial charge in [0.25, 0.3) is 0 Å². The molecule has 0 fully saturated rings. The van der Waals surface area contributed by atoms with E-state index in [9.17, 15) is 0 Å². The number of aryl methyl sites for hydroxylation is 2. The Morgan fingerprint density at radius 1 is 0.800 bits per heavy atom. The SMILES string of the molecule is CCCCCCc1c(CC)c(CC)cc2ccccc12. The fourth-order valence-corrected chi connectivity index (χ4v) is 3.30. The van der Waals surface area contributed by atoms with E-state index in [2.05, 4.69) is 51.1 Å². The van der Waals surface area contributed by atoms with Crippen molar-refractivity contribution in [3.63, 3.8) is 0 Å². The Morgan fingerprint density at radius 2 is 1.60 bits per heavy atom. The van der Waals surface area contributed by atoms with Gasteiger partial charge in [-0.1, -0.05) is 70.4 Å². The van der Waals surface area contributed by atoms with Gasteiger partial charge in [0.05, 0.1) is 0 Å². The molecular formula is C20H28. The van der Waals surface area contributed by atoms with Gasteiger partial charge in [0.15, 0.2) is 0 Å². The lowest BCUT2D eigenvalue weighted by Gasteiger charge is -2.16. The molecule has 0 heterocycles. The number of hydrogen-bond donors (Lipinski definition) is 0. The maximum Gasteiger partial charge on any atom is -0.0149 e. The Morgan fingerprint density at radius 3 is 2.30 bits per heavy atom. The van der Waals surface area contributed by atoms with E-state index in [1.165, 1.54) is 42.9 Å². The van der Waals surface area contributed by atoms with Gasteiger partial charge in [-0.2, -0.15) is 0 Å². The maximum absolute atomic E-state index is 2.41. The van der Waals surface area contributed by atoms with Crippen LogP contribution in [-0.2, 0) is 19.3 Å². The quantitative estimate of drug-likeness (QED) is 0.533. The van der Waals surface area contributed by atoms with Crippen molar-refractivity contribution in [1.82, 2.24) is 0 Å². The van der Waals surface area contributed by atoms with Crippen LogP contribution in [-0.4, -0.2) is 0 Å². The molecular weight excluding hydrogens is 240 g/mol. The van der Waals surface area contributed by atoms with E-state index in [1.54, 1.807) is 16.7 Å². The maximum atomic E-state index is 2.41. The summed E-state index contributed by atoms with van der Waals surface area (Å²) in [6.45, 7) is 6.87. The normalized spacial score (nSPS) is 11.2. The van der Waals surface area contributed by atoms with Gasteiger partial charge in [-0.3, -0.25) is 0 Å². The fraction of sp³-hybridized carbons (Fsp3) is 0.500. The zero-order valence-corrected chi connectivity index (χ0v) is 13.3. The van der Waals surface area contributed by atoms with Crippen molar-refractivity contribution >= 4 is 10.8 Å². The first kappa shape index (κ1) is 15.1. The molecule has 0 saturated carbocycles. The Hall–Kier alpha value is -1.30. The van der Waals surface area contributed by atoms with Crippen molar-refractivity contribution in [3.05, 3.63) is 47.0 Å². The summed E-state index contributed by atoms with van der Waals surface area (Å²) in [5, 5.41) is 2.91. The van der Waals surface area contributed by atoms with E-state index < -0.39 is 0 Å². The zero-order valence-electron chi connectivity index (χ0n) is 13.3. The largest absolute Gasteiger partial charge is 0.0654 e. The lowest BCUT2D eigenvalue weighted by atomic mass is 9.88. The van der Waals surface area contributed by atoms with Gasteiger partial charge in [-0.15, -0.1) is 0 Å². The molecule has 108 valence electrons. The molecule has 0 unspecified atom stereocenters. The Balaban J connectivity index is 2.41. The first-order valence-electron chi connectivity index (χ1n) is 8.34. The minimum absolute atomic E-state index is 1.15. The van der Waals surface area contributed by atoms with Crippen LogP contribution in [0.3, 0.4) is 0 Å². The van der Waals surface area contributed by atoms with Crippen molar-refractivity contribution in [2.45, 2.75) is 65.7 Å². The summed E-state index contributed by atoms with van der Waals surface area (Å²) in [5.74, 6) is 0. The minimum Gasteiger partial charge on any atom is -0.0654 e. The molecule has 0 atom stereocenters. The topological polar surface area (TPSA) is 0 Å². The van der Waals surface area contributed by atoms with Gasteiger partial charge in [-0.25, -0.2) is 0 Å². The summed E-state index contributed by atoms with van der Waals surface area (Å²) in [6, 6.07) is 11.3. The Bertz CT molecular complexity index is 551. The van der Waals surface area contributed by atoms with Crippen molar-refractivity contribution in [2.75, 3.05) is 0 Å². The molecule has 0 aliphatic heterocycles. The lowest BCUT2D eigenvalue weighted by molar-refractivity contribution is 0.666. The first-order valence-corrected chi connectivity index (χ1v) is 8.34. The molecule has 20 heavy (non-hydrogen) atoms. The van der Waals surface area contributed by atoms with Crippen LogP contribution >= 0.6 is 0 Å². The Labute approximate surface area is 124 Å². The summed E-state index contributed by atoms with van der Waals surface area (Å²) >= 11 is 0.